The molecular weight excluding hydrogens is 260 g/mol. The van der Waals surface area contributed by atoms with E-state index in [1.54, 1.807) is 0 Å². The standard InChI is InChI=1S/C13H26O3Si2/c1-11(15-17(2,3)4)12-9-8-10-14-13(12)16-18(5,6)7/h1,8-10H2,2-7H3. The molecule has 0 atom stereocenters. The van der Waals surface area contributed by atoms with E-state index in [-0.39, 0.29) is 0 Å². The maximum atomic E-state index is 6.00. The van der Waals surface area contributed by atoms with Gasteiger partial charge in [-0.1, -0.05) is 6.58 Å². The number of hydrogen-bond donors (Lipinski definition) is 0. The molecule has 0 aromatic heterocycles. The number of rotatable bonds is 5. The number of hydrogen-bond acceptors (Lipinski definition) is 3. The van der Waals surface area contributed by atoms with Crippen molar-refractivity contribution < 1.29 is 13.6 Å². The molecule has 0 saturated carbocycles. The summed E-state index contributed by atoms with van der Waals surface area (Å²) in [5, 5.41) is 0. The van der Waals surface area contributed by atoms with Gasteiger partial charge in [0.1, 0.15) is 5.76 Å². The van der Waals surface area contributed by atoms with E-state index < -0.39 is 16.6 Å². The largest absolute Gasteiger partial charge is 0.544 e. The second kappa shape index (κ2) is 5.53. The van der Waals surface area contributed by atoms with Crippen LogP contribution in [0.25, 0.3) is 0 Å². The lowest BCUT2D eigenvalue weighted by Gasteiger charge is -2.29. The van der Waals surface area contributed by atoms with Crippen molar-refractivity contribution in [1.29, 1.82) is 0 Å². The third-order valence-corrected chi connectivity index (χ3v) is 3.87. The summed E-state index contributed by atoms with van der Waals surface area (Å²) < 4.78 is 17.6. The van der Waals surface area contributed by atoms with Gasteiger partial charge in [0.25, 0.3) is 5.95 Å². The van der Waals surface area contributed by atoms with Crippen LogP contribution in [0.4, 0.5) is 0 Å². The molecule has 3 nitrogen and oxygen atoms in total. The van der Waals surface area contributed by atoms with E-state index in [1.165, 1.54) is 0 Å². The molecule has 0 aliphatic carbocycles. The Bertz CT molecular complexity index is 348. The molecule has 5 heteroatoms. The maximum absolute atomic E-state index is 6.00. The molecule has 0 N–H and O–H groups in total. The maximum Gasteiger partial charge on any atom is 0.272 e. The zero-order valence-electron chi connectivity index (χ0n) is 12.6. The normalized spacial score (nSPS) is 17.2. The van der Waals surface area contributed by atoms with Crippen LogP contribution < -0.4 is 0 Å². The van der Waals surface area contributed by atoms with Crippen LogP contribution in [0, 0.1) is 0 Å². The Kier molecular flexibility index (Phi) is 4.72. The Labute approximate surface area is 113 Å². The van der Waals surface area contributed by atoms with Crippen molar-refractivity contribution in [3.8, 4) is 0 Å². The van der Waals surface area contributed by atoms with Gasteiger partial charge in [-0.15, -0.1) is 0 Å². The zero-order valence-corrected chi connectivity index (χ0v) is 14.6. The van der Waals surface area contributed by atoms with E-state index in [2.05, 4.69) is 45.9 Å². The topological polar surface area (TPSA) is 27.7 Å². The highest BCUT2D eigenvalue weighted by Crippen LogP contribution is 2.29. The van der Waals surface area contributed by atoms with E-state index in [0.29, 0.717) is 5.95 Å². The fourth-order valence-corrected chi connectivity index (χ4v) is 3.26. The fourth-order valence-electron chi connectivity index (χ4n) is 1.66. The molecule has 0 fully saturated rings. The van der Waals surface area contributed by atoms with Crippen LogP contribution in [-0.2, 0) is 13.6 Å². The van der Waals surface area contributed by atoms with Crippen LogP contribution in [0.5, 0.6) is 0 Å². The van der Waals surface area contributed by atoms with E-state index in [0.717, 1.165) is 30.8 Å². The molecule has 1 aliphatic heterocycles. The molecule has 0 radical (unpaired) electrons. The second-order valence-electron chi connectivity index (χ2n) is 6.57. The molecule has 0 unspecified atom stereocenters. The van der Waals surface area contributed by atoms with Crippen molar-refractivity contribution in [1.82, 2.24) is 0 Å². The first-order valence-corrected chi connectivity index (χ1v) is 13.3. The first kappa shape index (κ1) is 15.4. The molecule has 0 aromatic rings. The van der Waals surface area contributed by atoms with Crippen molar-refractivity contribution in [2.75, 3.05) is 6.61 Å². The lowest BCUT2D eigenvalue weighted by atomic mass is 10.1. The summed E-state index contributed by atoms with van der Waals surface area (Å²) in [5.41, 5.74) is 1.02. The molecule has 104 valence electrons. The van der Waals surface area contributed by atoms with Gasteiger partial charge < -0.3 is 13.6 Å². The molecule has 0 saturated heterocycles. The van der Waals surface area contributed by atoms with Crippen LogP contribution in [0.15, 0.2) is 23.9 Å². The average Bonchev–Trinajstić information content (AvgIpc) is 2.12. The smallest absolute Gasteiger partial charge is 0.272 e. The van der Waals surface area contributed by atoms with Crippen LogP contribution in [0.2, 0.25) is 39.3 Å². The average molecular weight is 287 g/mol. The molecule has 0 amide bonds. The van der Waals surface area contributed by atoms with Crippen molar-refractivity contribution in [2.24, 2.45) is 0 Å². The predicted molar refractivity (Wildman–Crippen MR) is 80.2 cm³/mol. The summed E-state index contributed by atoms with van der Waals surface area (Å²) in [6.07, 6.45) is 1.94. The minimum Gasteiger partial charge on any atom is -0.544 e. The molecule has 0 aromatic carbocycles. The minimum absolute atomic E-state index is 0.656. The van der Waals surface area contributed by atoms with Crippen molar-refractivity contribution >= 4 is 16.6 Å². The monoisotopic (exact) mass is 286 g/mol. The first-order valence-electron chi connectivity index (χ1n) is 6.52. The summed E-state index contributed by atoms with van der Waals surface area (Å²) in [5.74, 6) is 1.39. The Morgan fingerprint density at radius 3 is 2.22 bits per heavy atom. The molecule has 18 heavy (non-hydrogen) atoms. The molecule has 1 heterocycles. The Morgan fingerprint density at radius 2 is 1.72 bits per heavy atom. The molecule has 1 rings (SSSR count). The minimum atomic E-state index is -1.66. The van der Waals surface area contributed by atoms with E-state index >= 15 is 0 Å². The molecule has 1 aliphatic rings. The van der Waals surface area contributed by atoms with Gasteiger partial charge in [-0.2, -0.15) is 0 Å². The third-order valence-electron chi connectivity index (χ3n) is 2.22. The van der Waals surface area contributed by atoms with Gasteiger partial charge in [-0.05, 0) is 52.1 Å². The van der Waals surface area contributed by atoms with Crippen LogP contribution >= 0.6 is 0 Å². The van der Waals surface area contributed by atoms with Crippen LogP contribution in [-0.4, -0.2) is 23.2 Å². The highest BCUT2D eigenvalue weighted by molar-refractivity contribution is 6.70. The van der Waals surface area contributed by atoms with Gasteiger partial charge in [0.15, 0.2) is 0 Å². The van der Waals surface area contributed by atoms with E-state index in [4.69, 9.17) is 13.6 Å². The molecule has 0 spiro atoms. The molecular formula is C13H26O3Si2. The zero-order chi connectivity index (χ0) is 14.0. The number of allylic oxidation sites excluding steroid dienone is 1. The van der Waals surface area contributed by atoms with Gasteiger partial charge in [0, 0.05) is 0 Å². The van der Waals surface area contributed by atoms with Gasteiger partial charge in [0.2, 0.25) is 16.6 Å². The Morgan fingerprint density at radius 1 is 1.11 bits per heavy atom. The fraction of sp³-hybridized carbons (Fsp3) is 0.692. The lowest BCUT2D eigenvalue weighted by molar-refractivity contribution is 0.0814. The van der Waals surface area contributed by atoms with Crippen LogP contribution in [0.3, 0.4) is 0 Å². The summed E-state index contributed by atoms with van der Waals surface area (Å²) in [4.78, 5) is 0. The van der Waals surface area contributed by atoms with Gasteiger partial charge in [-0.3, -0.25) is 0 Å². The lowest BCUT2D eigenvalue weighted by Crippen LogP contribution is -2.29. The first-order chi connectivity index (χ1) is 8.08. The van der Waals surface area contributed by atoms with Gasteiger partial charge in [-0.25, -0.2) is 0 Å². The number of ether oxygens (including phenoxy) is 1. The third kappa shape index (κ3) is 5.31. The van der Waals surface area contributed by atoms with Crippen molar-refractivity contribution in [2.45, 2.75) is 52.1 Å². The highest BCUT2D eigenvalue weighted by Gasteiger charge is 2.27. The van der Waals surface area contributed by atoms with Crippen LogP contribution in [0.1, 0.15) is 12.8 Å². The Hall–Kier alpha value is -0.686. The van der Waals surface area contributed by atoms with Crippen molar-refractivity contribution in [3.05, 3.63) is 23.9 Å². The van der Waals surface area contributed by atoms with E-state index in [9.17, 15) is 0 Å². The quantitative estimate of drug-likeness (QED) is 0.559. The summed E-state index contributed by atoms with van der Waals surface area (Å²) in [6.45, 7) is 17.7. The van der Waals surface area contributed by atoms with Crippen molar-refractivity contribution in [3.63, 3.8) is 0 Å². The highest BCUT2D eigenvalue weighted by atomic mass is 28.4. The summed E-state index contributed by atoms with van der Waals surface area (Å²) in [7, 11) is -3.29. The van der Waals surface area contributed by atoms with Gasteiger partial charge >= 0.3 is 0 Å². The van der Waals surface area contributed by atoms with E-state index in [1.807, 2.05) is 0 Å². The van der Waals surface area contributed by atoms with Gasteiger partial charge in [0.05, 0.1) is 12.2 Å². The Balaban J connectivity index is 2.88. The SMILES string of the molecule is C=C(O[Si](C)(C)C)C1=C(O[Si](C)(C)C)OCCC1. The summed E-state index contributed by atoms with van der Waals surface area (Å²) >= 11 is 0. The molecule has 0 bridgehead atoms. The predicted octanol–water partition coefficient (Wildman–Crippen LogP) is 4.23. The second-order valence-corrected chi connectivity index (χ2v) is 15.4. The summed E-state index contributed by atoms with van der Waals surface area (Å²) in [6, 6.07) is 0.